The predicted molar refractivity (Wildman–Crippen MR) is 38.3 cm³/mol. The summed E-state index contributed by atoms with van der Waals surface area (Å²) in [4.78, 5) is 0. The molecule has 1 rings (SSSR count). The third-order valence-corrected chi connectivity index (χ3v) is 2.54. The molecule has 2 nitrogen and oxygen atoms in total. The van der Waals surface area contributed by atoms with Crippen LogP contribution in [0.2, 0.25) is 0 Å². The minimum atomic E-state index is -0.151. The molecule has 1 aliphatic rings. The number of hydrogen-bond acceptors (Lipinski definition) is 2. The van der Waals surface area contributed by atoms with E-state index in [9.17, 15) is 0 Å². The Kier molecular flexibility index (Phi) is 1.70. The van der Waals surface area contributed by atoms with Crippen LogP contribution in [0.3, 0.4) is 0 Å². The molecule has 3 unspecified atom stereocenters. The molecule has 0 spiro atoms. The molecule has 1 heterocycles. The maximum absolute atomic E-state index is 8.51. The fourth-order valence-corrected chi connectivity index (χ4v) is 1.15. The van der Waals surface area contributed by atoms with E-state index in [1.165, 1.54) is 0 Å². The van der Waals surface area contributed by atoms with Gasteiger partial charge in [0, 0.05) is 0 Å². The van der Waals surface area contributed by atoms with E-state index in [-0.39, 0.29) is 11.7 Å². The summed E-state index contributed by atoms with van der Waals surface area (Å²) in [6.45, 7) is 6.25. The summed E-state index contributed by atoms with van der Waals surface area (Å²) in [6, 6.07) is 2.12. The molecule has 0 N–H and O–H groups in total. The second kappa shape index (κ2) is 2.25. The molecule has 1 aliphatic heterocycles. The molecule has 56 valence electrons. The summed E-state index contributed by atoms with van der Waals surface area (Å²) in [5.74, 6) is 0.497. The third kappa shape index (κ3) is 0.911. The maximum atomic E-state index is 8.51. The molecule has 2 heteroatoms. The maximum Gasteiger partial charge on any atom is 0.173 e. The highest BCUT2D eigenvalue weighted by molar-refractivity contribution is 5.13. The highest BCUT2D eigenvalue weighted by atomic mass is 16.6. The molecule has 0 aromatic heterocycles. The van der Waals surface area contributed by atoms with Gasteiger partial charge in [0.2, 0.25) is 0 Å². The van der Waals surface area contributed by atoms with Crippen molar-refractivity contribution in [3.63, 3.8) is 0 Å². The van der Waals surface area contributed by atoms with E-state index in [0.29, 0.717) is 5.92 Å². The van der Waals surface area contributed by atoms with Crippen molar-refractivity contribution in [1.82, 2.24) is 0 Å². The van der Waals surface area contributed by atoms with Gasteiger partial charge < -0.3 is 4.74 Å². The van der Waals surface area contributed by atoms with E-state index in [4.69, 9.17) is 10.00 Å². The minimum absolute atomic E-state index is 0.135. The van der Waals surface area contributed by atoms with Crippen molar-refractivity contribution in [2.75, 3.05) is 0 Å². The normalized spacial score (nSPS) is 40.4. The van der Waals surface area contributed by atoms with Gasteiger partial charge in [-0.2, -0.15) is 5.26 Å². The lowest BCUT2D eigenvalue weighted by Crippen LogP contribution is -2.19. The second-order valence-corrected chi connectivity index (χ2v) is 3.12. The van der Waals surface area contributed by atoms with Gasteiger partial charge in [0.05, 0.1) is 6.07 Å². The van der Waals surface area contributed by atoms with Crippen LogP contribution in [-0.4, -0.2) is 11.7 Å². The Balaban J connectivity index is 2.52. The van der Waals surface area contributed by atoms with Crippen LogP contribution in [0.1, 0.15) is 27.2 Å². The molecular formula is C8H13NO. The van der Waals surface area contributed by atoms with Crippen molar-refractivity contribution < 1.29 is 4.74 Å². The van der Waals surface area contributed by atoms with Gasteiger partial charge in [-0.05, 0) is 12.8 Å². The van der Waals surface area contributed by atoms with Crippen molar-refractivity contribution in [3.8, 4) is 6.07 Å². The van der Waals surface area contributed by atoms with Crippen LogP contribution in [0.5, 0.6) is 0 Å². The lowest BCUT2D eigenvalue weighted by Gasteiger charge is -2.11. The van der Waals surface area contributed by atoms with Gasteiger partial charge in [-0.15, -0.1) is 0 Å². The smallest absolute Gasteiger partial charge is 0.173 e. The Morgan fingerprint density at radius 2 is 2.40 bits per heavy atom. The van der Waals surface area contributed by atoms with Crippen LogP contribution in [-0.2, 0) is 4.74 Å². The molecule has 0 saturated carbocycles. The van der Waals surface area contributed by atoms with E-state index in [2.05, 4.69) is 19.9 Å². The zero-order chi connectivity index (χ0) is 7.78. The molecular weight excluding hydrogens is 126 g/mol. The van der Waals surface area contributed by atoms with Crippen molar-refractivity contribution in [1.29, 1.82) is 5.26 Å². The summed E-state index contributed by atoms with van der Waals surface area (Å²) in [5.41, 5.74) is -0.135. The van der Waals surface area contributed by atoms with Gasteiger partial charge in [-0.1, -0.05) is 20.3 Å². The quantitative estimate of drug-likeness (QED) is 0.546. The Morgan fingerprint density at radius 1 is 1.80 bits per heavy atom. The largest absolute Gasteiger partial charge is 0.350 e. The Morgan fingerprint density at radius 3 is 2.70 bits per heavy atom. The first-order valence-corrected chi connectivity index (χ1v) is 3.72. The molecule has 1 fully saturated rings. The number of nitrogens with zero attached hydrogens (tertiary/aromatic N) is 1. The van der Waals surface area contributed by atoms with Crippen molar-refractivity contribution in [3.05, 3.63) is 0 Å². The van der Waals surface area contributed by atoms with Gasteiger partial charge >= 0.3 is 0 Å². The highest BCUT2D eigenvalue weighted by Crippen LogP contribution is 2.43. The monoisotopic (exact) mass is 139 g/mol. The highest BCUT2D eigenvalue weighted by Gasteiger charge is 2.55. The van der Waals surface area contributed by atoms with E-state index < -0.39 is 0 Å². The Hall–Kier alpha value is -0.550. The van der Waals surface area contributed by atoms with E-state index in [1.54, 1.807) is 0 Å². The summed E-state index contributed by atoms with van der Waals surface area (Å²) in [5, 5.41) is 8.51. The number of nitriles is 1. The molecule has 0 amide bonds. The molecule has 0 aliphatic carbocycles. The zero-order valence-corrected chi connectivity index (χ0v) is 6.72. The lowest BCUT2D eigenvalue weighted by atomic mass is 9.91. The van der Waals surface area contributed by atoms with E-state index in [0.717, 1.165) is 6.42 Å². The molecule has 0 bridgehead atoms. The predicted octanol–water partition coefficient (Wildman–Crippen LogP) is 1.71. The molecule has 10 heavy (non-hydrogen) atoms. The first-order chi connectivity index (χ1) is 4.65. The number of epoxide rings is 1. The van der Waals surface area contributed by atoms with Crippen LogP contribution in [0.4, 0.5) is 0 Å². The van der Waals surface area contributed by atoms with Crippen LogP contribution in [0, 0.1) is 17.2 Å². The topological polar surface area (TPSA) is 36.3 Å². The summed E-state index contributed by atoms with van der Waals surface area (Å²) in [6.07, 6.45) is 0.928. The van der Waals surface area contributed by atoms with Crippen molar-refractivity contribution >= 4 is 0 Å². The van der Waals surface area contributed by atoms with Gasteiger partial charge in [-0.3, -0.25) is 0 Å². The Bertz CT molecular complexity index is 173. The number of rotatable bonds is 2. The fourth-order valence-electron chi connectivity index (χ4n) is 1.15. The van der Waals surface area contributed by atoms with Crippen LogP contribution in [0.15, 0.2) is 0 Å². The van der Waals surface area contributed by atoms with Crippen molar-refractivity contribution in [2.24, 2.45) is 5.92 Å². The minimum Gasteiger partial charge on any atom is -0.350 e. The summed E-state index contributed by atoms with van der Waals surface area (Å²) >= 11 is 0. The number of ether oxygens (including phenoxy) is 1. The SMILES string of the molecule is CCC(C)C1(C)OC1C#N. The van der Waals surface area contributed by atoms with E-state index >= 15 is 0 Å². The lowest BCUT2D eigenvalue weighted by molar-refractivity contribution is 0.241. The van der Waals surface area contributed by atoms with Crippen LogP contribution >= 0.6 is 0 Å². The third-order valence-electron chi connectivity index (χ3n) is 2.54. The van der Waals surface area contributed by atoms with E-state index in [1.807, 2.05) is 6.92 Å². The van der Waals surface area contributed by atoms with Gasteiger partial charge in [0.1, 0.15) is 5.60 Å². The standard InChI is InChI=1S/C8H13NO/c1-4-6(2)8(3)7(5-9)10-8/h6-7H,4H2,1-3H3. The fraction of sp³-hybridized carbons (Fsp3) is 0.875. The first kappa shape index (κ1) is 7.56. The first-order valence-electron chi connectivity index (χ1n) is 3.72. The number of hydrogen-bond donors (Lipinski definition) is 0. The Labute approximate surface area is 61.8 Å². The zero-order valence-electron chi connectivity index (χ0n) is 6.72. The molecule has 0 aromatic rings. The molecule has 0 radical (unpaired) electrons. The van der Waals surface area contributed by atoms with Gasteiger partial charge in [-0.25, -0.2) is 0 Å². The molecule has 3 atom stereocenters. The van der Waals surface area contributed by atoms with Crippen LogP contribution in [0.25, 0.3) is 0 Å². The second-order valence-electron chi connectivity index (χ2n) is 3.12. The van der Waals surface area contributed by atoms with Gasteiger partial charge in [0.15, 0.2) is 6.10 Å². The average molecular weight is 139 g/mol. The van der Waals surface area contributed by atoms with Crippen LogP contribution < -0.4 is 0 Å². The summed E-state index contributed by atoms with van der Waals surface area (Å²) in [7, 11) is 0. The summed E-state index contributed by atoms with van der Waals surface area (Å²) < 4.78 is 5.25. The molecule has 0 aromatic carbocycles. The van der Waals surface area contributed by atoms with Crippen molar-refractivity contribution in [2.45, 2.75) is 38.9 Å². The molecule has 1 saturated heterocycles. The average Bonchev–Trinajstić information content (AvgIpc) is 2.61. The van der Waals surface area contributed by atoms with Gasteiger partial charge in [0.25, 0.3) is 0 Å².